The maximum absolute atomic E-state index is 9.87. The highest BCUT2D eigenvalue weighted by atomic mass is 16.5. The van der Waals surface area contributed by atoms with Gasteiger partial charge in [-0.3, -0.25) is 4.57 Å². The molecule has 4 rings (SSSR count). The number of benzene rings is 1. The van der Waals surface area contributed by atoms with Crippen molar-refractivity contribution in [3.63, 3.8) is 0 Å². The summed E-state index contributed by atoms with van der Waals surface area (Å²) in [5.41, 5.74) is 8.30. The average Bonchev–Trinajstić information content (AvgIpc) is 3.18. The van der Waals surface area contributed by atoms with Gasteiger partial charge in [-0.15, -0.1) is 0 Å². The van der Waals surface area contributed by atoms with E-state index < -0.39 is 0 Å². The van der Waals surface area contributed by atoms with Gasteiger partial charge in [-0.05, 0) is 25.0 Å². The summed E-state index contributed by atoms with van der Waals surface area (Å²) in [6.45, 7) is 0.715. The highest BCUT2D eigenvalue weighted by Gasteiger charge is 2.22. The molecule has 0 amide bonds. The summed E-state index contributed by atoms with van der Waals surface area (Å²) in [6, 6.07) is 7.00. The molecular weight excluding hydrogens is 296 g/mol. The minimum absolute atomic E-state index is 0.107. The fraction of sp³-hybridized carbons (Fsp3) is 0.267. The Morgan fingerprint density at radius 3 is 2.96 bits per heavy atom. The fourth-order valence-electron chi connectivity index (χ4n) is 2.72. The summed E-state index contributed by atoms with van der Waals surface area (Å²) in [6.07, 6.45) is 3.44. The van der Waals surface area contributed by atoms with E-state index in [-0.39, 0.29) is 12.2 Å². The van der Waals surface area contributed by atoms with Crippen LogP contribution in [0.1, 0.15) is 19.1 Å². The lowest BCUT2D eigenvalue weighted by molar-refractivity contribution is 0.0592. The zero-order valence-corrected chi connectivity index (χ0v) is 12.3. The maximum Gasteiger partial charge on any atom is 0.318 e. The Kier molecular flexibility index (Phi) is 3.23. The molecule has 0 saturated carbocycles. The van der Waals surface area contributed by atoms with E-state index in [9.17, 15) is 5.11 Å². The van der Waals surface area contributed by atoms with E-state index in [0.29, 0.717) is 35.0 Å². The molecule has 0 spiro atoms. The zero-order valence-electron chi connectivity index (χ0n) is 12.3. The first-order valence-corrected chi connectivity index (χ1v) is 7.39. The number of nitrogen functional groups attached to an aromatic ring is 1. The number of imidazole rings is 1. The molecule has 23 heavy (non-hydrogen) atoms. The quantitative estimate of drug-likeness (QED) is 0.635. The standard InChI is InChI=1S/C15H16N6O2/c16-9-4-1-2-5-10(9)18-13-12-14(20-15(22)19-13)21(8-17-12)11-6-3-7-23-11/h1-2,4-5,8,11H,3,6-7,16H2,(H2,18,19,20,22). The highest BCUT2D eigenvalue weighted by Crippen LogP contribution is 2.31. The third-order valence-electron chi connectivity index (χ3n) is 3.84. The monoisotopic (exact) mass is 312 g/mol. The number of anilines is 3. The van der Waals surface area contributed by atoms with Crippen LogP contribution in [0.3, 0.4) is 0 Å². The Labute approximate surface area is 131 Å². The second-order valence-corrected chi connectivity index (χ2v) is 5.38. The molecule has 1 aromatic carbocycles. The highest BCUT2D eigenvalue weighted by molar-refractivity contribution is 5.87. The minimum Gasteiger partial charge on any atom is -0.479 e. The van der Waals surface area contributed by atoms with Crippen LogP contribution < -0.4 is 11.1 Å². The van der Waals surface area contributed by atoms with Gasteiger partial charge in [0.05, 0.1) is 17.7 Å². The lowest BCUT2D eigenvalue weighted by atomic mass is 10.2. The van der Waals surface area contributed by atoms with Crippen LogP contribution >= 0.6 is 0 Å². The number of ether oxygens (including phenoxy) is 1. The molecule has 8 nitrogen and oxygen atoms in total. The van der Waals surface area contributed by atoms with Gasteiger partial charge >= 0.3 is 6.01 Å². The van der Waals surface area contributed by atoms with Gasteiger partial charge in [0.2, 0.25) is 0 Å². The van der Waals surface area contributed by atoms with E-state index in [1.54, 1.807) is 12.4 Å². The first kappa shape index (κ1) is 13.8. The van der Waals surface area contributed by atoms with Crippen LogP contribution in [-0.4, -0.2) is 31.2 Å². The first-order valence-electron chi connectivity index (χ1n) is 7.39. The molecule has 0 bridgehead atoms. The molecular formula is C15H16N6O2. The zero-order chi connectivity index (χ0) is 15.8. The normalized spacial score (nSPS) is 17.7. The van der Waals surface area contributed by atoms with Crippen molar-refractivity contribution in [3.8, 4) is 6.01 Å². The molecule has 1 saturated heterocycles. The van der Waals surface area contributed by atoms with E-state index in [0.717, 1.165) is 12.8 Å². The van der Waals surface area contributed by atoms with E-state index in [1.165, 1.54) is 0 Å². The molecule has 0 radical (unpaired) electrons. The smallest absolute Gasteiger partial charge is 0.318 e. The molecule has 1 atom stereocenters. The summed E-state index contributed by atoms with van der Waals surface area (Å²) in [4.78, 5) is 12.5. The van der Waals surface area contributed by atoms with Crippen molar-refractivity contribution in [1.82, 2.24) is 19.5 Å². The van der Waals surface area contributed by atoms with Crippen LogP contribution in [0, 0.1) is 0 Å². The van der Waals surface area contributed by atoms with E-state index in [1.807, 2.05) is 22.8 Å². The number of nitrogens with one attached hydrogen (secondary N) is 1. The van der Waals surface area contributed by atoms with Gasteiger partial charge in [-0.1, -0.05) is 12.1 Å². The van der Waals surface area contributed by atoms with E-state index in [2.05, 4.69) is 20.3 Å². The molecule has 1 fully saturated rings. The number of hydrogen-bond acceptors (Lipinski definition) is 7. The van der Waals surface area contributed by atoms with Gasteiger partial charge in [0.15, 0.2) is 17.0 Å². The second-order valence-electron chi connectivity index (χ2n) is 5.38. The third kappa shape index (κ3) is 2.42. The Balaban J connectivity index is 1.79. The molecule has 1 unspecified atom stereocenters. The molecule has 3 heterocycles. The lowest BCUT2D eigenvalue weighted by Gasteiger charge is -2.12. The average molecular weight is 312 g/mol. The SMILES string of the molecule is Nc1ccccc1Nc1nc(O)nc2c1ncn2C1CCCO1. The minimum atomic E-state index is -0.325. The molecule has 8 heteroatoms. The van der Waals surface area contributed by atoms with Crippen LogP contribution in [0.4, 0.5) is 17.2 Å². The van der Waals surface area contributed by atoms with Crippen molar-refractivity contribution in [2.75, 3.05) is 17.7 Å². The third-order valence-corrected chi connectivity index (χ3v) is 3.84. The number of hydrogen-bond donors (Lipinski definition) is 3. The number of para-hydroxylation sites is 2. The van der Waals surface area contributed by atoms with Gasteiger partial charge in [0.1, 0.15) is 6.23 Å². The number of nitrogens with zero attached hydrogens (tertiary/aromatic N) is 4. The van der Waals surface area contributed by atoms with Crippen LogP contribution in [0.2, 0.25) is 0 Å². The van der Waals surface area contributed by atoms with Gasteiger partial charge in [-0.2, -0.15) is 9.97 Å². The molecule has 1 aliphatic heterocycles. The predicted molar refractivity (Wildman–Crippen MR) is 85.3 cm³/mol. The predicted octanol–water partition coefficient (Wildman–Crippen LogP) is 2.17. The maximum atomic E-state index is 9.87. The van der Waals surface area contributed by atoms with Crippen molar-refractivity contribution in [1.29, 1.82) is 0 Å². The van der Waals surface area contributed by atoms with Crippen LogP contribution in [-0.2, 0) is 4.74 Å². The molecule has 3 aromatic rings. The lowest BCUT2D eigenvalue weighted by Crippen LogP contribution is -2.07. The fourth-order valence-corrected chi connectivity index (χ4v) is 2.72. The number of aromatic hydroxyl groups is 1. The van der Waals surface area contributed by atoms with E-state index >= 15 is 0 Å². The van der Waals surface area contributed by atoms with Crippen molar-refractivity contribution < 1.29 is 9.84 Å². The Bertz CT molecular complexity index is 856. The van der Waals surface area contributed by atoms with Crippen LogP contribution in [0.15, 0.2) is 30.6 Å². The van der Waals surface area contributed by atoms with Gasteiger partial charge in [-0.25, -0.2) is 4.98 Å². The summed E-state index contributed by atoms with van der Waals surface area (Å²) >= 11 is 0. The van der Waals surface area contributed by atoms with Crippen molar-refractivity contribution in [3.05, 3.63) is 30.6 Å². The topological polar surface area (TPSA) is 111 Å². The molecule has 1 aliphatic rings. The van der Waals surface area contributed by atoms with Gasteiger partial charge < -0.3 is 20.9 Å². The van der Waals surface area contributed by atoms with Crippen LogP contribution in [0.5, 0.6) is 6.01 Å². The summed E-state index contributed by atoms with van der Waals surface area (Å²) < 4.78 is 7.49. The molecule has 4 N–H and O–H groups in total. The Morgan fingerprint density at radius 1 is 1.30 bits per heavy atom. The number of nitrogens with two attached hydrogens (primary N) is 1. The van der Waals surface area contributed by atoms with Crippen LogP contribution in [0.25, 0.3) is 11.2 Å². The summed E-state index contributed by atoms with van der Waals surface area (Å²) in [5, 5.41) is 13.0. The number of aromatic nitrogens is 4. The summed E-state index contributed by atoms with van der Waals surface area (Å²) in [7, 11) is 0. The second kappa shape index (κ2) is 5.40. The number of fused-ring (bicyclic) bond motifs is 1. The van der Waals surface area contributed by atoms with Gasteiger partial charge in [0.25, 0.3) is 0 Å². The molecule has 118 valence electrons. The summed E-state index contributed by atoms with van der Waals surface area (Å²) in [5.74, 6) is 0.405. The van der Waals surface area contributed by atoms with Crippen molar-refractivity contribution in [2.24, 2.45) is 0 Å². The molecule has 0 aliphatic carbocycles. The van der Waals surface area contributed by atoms with E-state index in [4.69, 9.17) is 10.5 Å². The Hall–Kier alpha value is -2.87. The number of rotatable bonds is 3. The van der Waals surface area contributed by atoms with Gasteiger partial charge in [0, 0.05) is 6.61 Å². The Morgan fingerprint density at radius 2 is 2.17 bits per heavy atom. The van der Waals surface area contributed by atoms with Crippen molar-refractivity contribution in [2.45, 2.75) is 19.1 Å². The molecule has 2 aromatic heterocycles. The van der Waals surface area contributed by atoms with Crippen molar-refractivity contribution >= 4 is 28.4 Å². The first-order chi connectivity index (χ1) is 11.2. The largest absolute Gasteiger partial charge is 0.479 e.